The molecule has 0 radical (unpaired) electrons. The van der Waals surface area contributed by atoms with Crippen LogP contribution in [-0.2, 0) is 16.6 Å². The minimum atomic E-state index is -1.26. The van der Waals surface area contributed by atoms with Crippen LogP contribution in [0.15, 0.2) is 59.1 Å². The Labute approximate surface area is 225 Å². The van der Waals surface area contributed by atoms with E-state index in [-0.39, 0.29) is 0 Å². The van der Waals surface area contributed by atoms with Gasteiger partial charge in [0.25, 0.3) is 0 Å². The fourth-order valence-electron chi connectivity index (χ4n) is 3.81. The summed E-state index contributed by atoms with van der Waals surface area (Å²) in [6.07, 6.45) is 8.86. The van der Waals surface area contributed by atoms with E-state index in [9.17, 15) is 9.59 Å². The van der Waals surface area contributed by atoms with Crippen molar-refractivity contribution in [1.29, 1.82) is 0 Å². The Hall–Kier alpha value is -3.17. The summed E-state index contributed by atoms with van der Waals surface area (Å²) >= 11 is 3.50. The van der Waals surface area contributed by atoms with Crippen LogP contribution in [0.1, 0.15) is 38.5 Å². The number of carboxylic acids is 2. The molecule has 0 spiro atoms. The van der Waals surface area contributed by atoms with Crippen LogP contribution in [-0.4, -0.2) is 51.6 Å². The first-order chi connectivity index (χ1) is 17.8. The van der Waals surface area contributed by atoms with Crippen molar-refractivity contribution in [3.05, 3.63) is 59.1 Å². The number of unbranched alkanes of at least 4 members (excludes halogenated alkanes) is 3. The number of halogens is 1. The molecule has 1 fully saturated rings. The number of aryl methyl sites for hydroxylation is 1. The first kappa shape index (κ1) is 28.4. The molecule has 4 rings (SSSR count). The maximum atomic E-state index is 9.55. The molecule has 0 amide bonds. The minimum absolute atomic E-state index is 0.558. The van der Waals surface area contributed by atoms with Gasteiger partial charge in [-0.1, -0.05) is 40.9 Å². The van der Waals surface area contributed by atoms with Crippen LogP contribution in [0.25, 0.3) is 22.2 Å². The molecule has 8 nitrogen and oxygen atoms in total. The van der Waals surface area contributed by atoms with Crippen LogP contribution in [0.3, 0.4) is 0 Å². The number of fused-ring (bicyclic) bond motifs is 1. The molecule has 2 aromatic carbocycles. The van der Waals surface area contributed by atoms with E-state index in [0.29, 0.717) is 12.2 Å². The zero-order valence-corrected chi connectivity index (χ0v) is 22.6. The van der Waals surface area contributed by atoms with E-state index in [4.69, 9.17) is 20.0 Å². The maximum absolute atomic E-state index is 9.55. The number of aromatic nitrogens is 2. The number of aliphatic carboxylic acids is 2. The highest BCUT2D eigenvalue weighted by Crippen LogP contribution is 2.31. The number of carboxylic acid groups (broad SMARTS) is 2. The van der Waals surface area contributed by atoms with Crippen LogP contribution >= 0.6 is 15.9 Å². The number of ether oxygens (including phenoxy) is 1. The van der Waals surface area contributed by atoms with Crippen LogP contribution in [0.4, 0.5) is 0 Å². The van der Waals surface area contributed by atoms with E-state index < -0.39 is 11.9 Å². The summed E-state index contributed by atoms with van der Waals surface area (Å²) in [7, 11) is 1.99. The SMILES string of the molecule is Cn1nc(-c2ccc(Br)cc2)c2ccc(OCCCCCCNCC3CC3)cc21.O=C(O)/C=C/C(=O)O. The van der Waals surface area contributed by atoms with Gasteiger partial charge in [0.2, 0.25) is 0 Å². The summed E-state index contributed by atoms with van der Waals surface area (Å²) in [5, 5.41) is 25.1. The Morgan fingerprint density at radius 1 is 1.05 bits per heavy atom. The summed E-state index contributed by atoms with van der Waals surface area (Å²) in [5.74, 6) is -0.611. The van der Waals surface area contributed by atoms with Crippen molar-refractivity contribution in [2.75, 3.05) is 19.7 Å². The molecule has 0 atom stereocenters. The van der Waals surface area contributed by atoms with Crippen molar-refractivity contribution in [1.82, 2.24) is 15.1 Å². The van der Waals surface area contributed by atoms with Crippen molar-refractivity contribution < 1.29 is 24.5 Å². The smallest absolute Gasteiger partial charge is 0.328 e. The van der Waals surface area contributed by atoms with Gasteiger partial charge in [-0.15, -0.1) is 0 Å². The van der Waals surface area contributed by atoms with Gasteiger partial charge in [-0.05, 0) is 69.0 Å². The standard InChI is InChI=1S/C24H30BrN3O.C4H4O4/c1-28-23-16-21(29-15-5-3-2-4-14-26-17-18-6-7-18)12-13-22(23)24(27-28)19-8-10-20(25)11-9-19;5-3(6)1-2-4(7)8/h8-13,16,18,26H,2-7,14-15,17H2,1H3;1-2H,(H,5,6)(H,7,8)/b;2-1+. The number of nitrogens with zero attached hydrogens (tertiary/aromatic N) is 2. The molecule has 1 heterocycles. The Balaban J connectivity index is 0.000000414. The number of hydrogen-bond donors (Lipinski definition) is 3. The molecule has 37 heavy (non-hydrogen) atoms. The molecular weight excluding hydrogens is 538 g/mol. The van der Waals surface area contributed by atoms with E-state index in [2.05, 4.69) is 63.7 Å². The van der Waals surface area contributed by atoms with Gasteiger partial charge >= 0.3 is 11.9 Å². The van der Waals surface area contributed by atoms with E-state index in [1.54, 1.807) is 0 Å². The molecular formula is C28H34BrN3O5. The normalized spacial score (nSPS) is 12.9. The Morgan fingerprint density at radius 2 is 1.73 bits per heavy atom. The fraction of sp³-hybridized carbons (Fsp3) is 0.393. The Kier molecular flexibility index (Phi) is 11.2. The maximum Gasteiger partial charge on any atom is 0.328 e. The molecule has 3 N–H and O–H groups in total. The lowest BCUT2D eigenvalue weighted by Gasteiger charge is -2.07. The molecule has 9 heteroatoms. The van der Waals surface area contributed by atoms with E-state index in [1.165, 1.54) is 38.6 Å². The monoisotopic (exact) mass is 571 g/mol. The highest BCUT2D eigenvalue weighted by molar-refractivity contribution is 9.10. The molecule has 1 aliphatic carbocycles. The number of rotatable bonds is 13. The third-order valence-corrected chi connectivity index (χ3v) is 6.48. The summed E-state index contributed by atoms with van der Waals surface area (Å²) in [5.41, 5.74) is 3.23. The molecule has 0 unspecified atom stereocenters. The first-order valence-corrected chi connectivity index (χ1v) is 13.3. The second kappa shape index (κ2) is 14.5. The predicted octanol–water partition coefficient (Wildman–Crippen LogP) is 5.65. The lowest BCUT2D eigenvalue weighted by atomic mass is 10.1. The largest absolute Gasteiger partial charge is 0.494 e. The number of carbonyl (C=O) groups is 2. The summed E-state index contributed by atoms with van der Waals surface area (Å²) in [6.45, 7) is 3.16. The molecule has 1 saturated carbocycles. The highest BCUT2D eigenvalue weighted by Gasteiger charge is 2.19. The second-order valence-electron chi connectivity index (χ2n) is 9.08. The molecule has 3 aromatic rings. The third kappa shape index (κ3) is 10.0. The third-order valence-electron chi connectivity index (χ3n) is 5.96. The van der Waals surface area contributed by atoms with Gasteiger partial charge in [-0.25, -0.2) is 9.59 Å². The number of nitrogens with one attached hydrogen (secondary N) is 1. The topological polar surface area (TPSA) is 114 Å². The molecule has 0 aliphatic heterocycles. The van der Waals surface area contributed by atoms with Crippen molar-refractivity contribution in [2.45, 2.75) is 38.5 Å². The van der Waals surface area contributed by atoms with Gasteiger partial charge in [0.1, 0.15) is 11.4 Å². The van der Waals surface area contributed by atoms with Crippen LogP contribution in [0.5, 0.6) is 5.75 Å². The fourth-order valence-corrected chi connectivity index (χ4v) is 4.08. The average molecular weight is 573 g/mol. The second-order valence-corrected chi connectivity index (χ2v) is 9.99. The van der Waals surface area contributed by atoms with Gasteiger partial charge in [-0.3, -0.25) is 4.68 Å². The molecule has 1 aromatic heterocycles. The van der Waals surface area contributed by atoms with Crippen molar-refractivity contribution in [3.8, 4) is 17.0 Å². The molecule has 0 saturated heterocycles. The summed E-state index contributed by atoms with van der Waals surface area (Å²) in [6, 6.07) is 14.6. The van der Waals surface area contributed by atoms with Gasteiger partial charge in [0.05, 0.1) is 12.1 Å². The number of hydrogen-bond acceptors (Lipinski definition) is 5. The quantitative estimate of drug-likeness (QED) is 0.179. The lowest BCUT2D eigenvalue weighted by Crippen LogP contribution is -2.17. The minimum Gasteiger partial charge on any atom is -0.494 e. The average Bonchev–Trinajstić information content (AvgIpc) is 3.65. The Morgan fingerprint density at radius 3 is 2.38 bits per heavy atom. The van der Waals surface area contributed by atoms with Crippen LogP contribution in [0, 0.1) is 5.92 Å². The van der Waals surface area contributed by atoms with Crippen LogP contribution in [0.2, 0.25) is 0 Å². The van der Waals surface area contributed by atoms with Crippen molar-refractivity contribution >= 4 is 38.8 Å². The van der Waals surface area contributed by atoms with E-state index in [1.807, 2.05) is 11.7 Å². The van der Waals surface area contributed by atoms with Gasteiger partial charge < -0.3 is 20.3 Å². The molecule has 198 valence electrons. The van der Waals surface area contributed by atoms with Crippen molar-refractivity contribution in [3.63, 3.8) is 0 Å². The summed E-state index contributed by atoms with van der Waals surface area (Å²) in [4.78, 5) is 19.1. The molecule has 0 bridgehead atoms. The van der Waals surface area contributed by atoms with Crippen molar-refractivity contribution in [2.24, 2.45) is 13.0 Å². The van der Waals surface area contributed by atoms with Crippen LogP contribution < -0.4 is 10.1 Å². The first-order valence-electron chi connectivity index (χ1n) is 12.5. The van der Waals surface area contributed by atoms with E-state index >= 15 is 0 Å². The van der Waals surface area contributed by atoms with E-state index in [0.717, 1.165) is 57.9 Å². The van der Waals surface area contributed by atoms with Gasteiger partial charge in [0.15, 0.2) is 0 Å². The zero-order chi connectivity index (χ0) is 26.6. The van der Waals surface area contributed by atoms with Gasteiger partial charge in [0, 0.05) is 40.7 Å². The number of benzene rings is 2. The Bertz CT molecular complexity index is 1190. The lowest BCUT2D eigenvalue weighted by molar-refractivity contribution is -0.134. The molecule has 1 aliphatic rings. The van der Waals surface area contributed by atoms with Gasteiger partial charge in [-0.2, -0.15) is 5.10 Å². The summed E-state index contributed by atoms with van der Waals surface area (Å²) < 4.78 is 9.02. The highest BCUT2D eigenvalue weighted by atomic mass is 79.9. The predicted molar refractivity (Wildman–Crippen MR) is 148 cm³/mol. The zero-order valence-electron chi connectivity index (χ0n) is 21.0.